The van der Waals surface area contributed by atoms with Gasteiger partial charge in [-0.1, -0.05) is 66.0 Å². The van der Waals surface area contributed by atoms with E-state index in [9.17, 15) is 9.59 Å². The molecule has 0 aromatic heterocycles. The van der Waals surface area contributed by atoms with Crippen LogP contribution in [0.1, 0.15) is 45.2 Å². The van der Waals surface area contributed by atoms with Crippen LogP contribution < -0.4 is 5.32 Å². The SMILES string of the molecule is CC[C@@H](C(=O)NC(C)(C)C)N(Cc1c(Cl)cccc1Cl)C(=O)Cc1ccccc1Cl. The standard InChI is InChI=1S/C23H27Cl3N2O2/c1-5-20(22(30)27-23(2,3)4)28(14-16-18(25)11-8-12-19(16)26)21(29)13-15-9-6-7-10-17(15)24/h6-12,20H,5,13-14H2,1-4H3,(H,27,30)/t20-/m0/s1. The lowest BCUT2D eigenvalue weighted by Gasteiger charge is -2.33. The molecular formula is C23H27Cl3N2O2. The Labute approximate surface area is 193 Å². The summed E-state index contributed by atoms with van der Waals surface area (Å²) in [4.78, 5) is 27.9. The zero-order chi connectivity index (χ0) is 22.5. The number of halogens is 3. The average Bonchev–Trinajstić information content (AvgIpc) is 2.64. The fourth-order valence-electron chi connectivity index (χ4n) is 3.13. The quantitative estimate of drug-likeness (QED) is 0.548. The molecule has 30 heavy (non-hydrogen) atoms. The Kier molecular flexibility index (Phi) is 8.60. The Morgan fingerprint density at radius 1 is 0.967 bits per heavy atom. The molecule has 0 unspecified atom stereocenters. The van der Waals surface area contributed by atoms with E-state index in [0.717, 1.165) is 0 Å². The summed E-state index contributed by atoms with van der Waals surface area (Å²) in [6.07, 6.45) is 0.513. The van der Waals surface area contributed by atoms with Gasteiger partial charge in [-0.25, -0.2) is 0 Å². The molecule has 0 saturated carbocycles. The van der Waals surface area contributed by atoms with Crippen molar-refractivity contribution in [1.29, 1.82) is 0 Å². The van der Waals surface area contributed by atoms with Gasteiger partial charge in [-0.3, -0.25) is 9.59 Å². The fraction of sp³-hybridized carbons (Fsp3) is 0.391. The van der Waals surface area contributed by atoms with Crippen LogP contribution in [0.15, 0.2) is 42.5 Å². The van der Waals surface area contributed by atoms with Crippen molar-refractivity contribution >= 4 is 46.6 Å². The molecule has 0 bridgehead atoms. The zero-order valence-corrected chi connectivity index (χ0v) is 19.9. The summed E-state index contributed by atoms with van der Waals surface area (Å²) < 4.78 is 0. The summed E-state index contributed by atoms with van der Waals surface area (Å²) in [6, 6.07) is 11.7. The third-order valence-electron chi connectivity index (χ3n) is 4.57. The van der Waals surface area contributed by atoms with Gasteiger partial charge in [-0.2, -0.15) is 0 Å². The second kappa shape index (κ2) is 10.5. The Hall–Kier alpha value is -1.75. The van der Waals surface area contributed by atoms with Crippen LogP contribution in [-0.2, 0) is 22.6 Å². The first-order valence-electron chi connectivity index (χ1n) is 9.81. The van der Waals surface area contributed by atoms with Crippen molar-refractivity contribution in [3.05, 3.63) is 68.7 Å². The van der Waals surface area contributed by atoms with Crippen molar-refractivity contribution in [2.75, 3.05) is 0 Å². The number of nitrogens with one attached hydrogen (secondary N) is 1. The van der Waals surface area contributed by atoms with Crippen molar-refractivity contribution in [2.45, 2.75) is 58.7 Å². The molecule has 0 spiro atoms. The minimum Gasteiger partial charge on any atom is -0.350 e. The molecule has 0 aliphatic carbocycles. The molecular weight excluding hydrogens is 443 g/mol. The molecule has 1 N–H and O–H groups in total. The Morgan fingerprint density at radius 2 is 1.53 bits per heavy atom. The number of carbonyl (C=O) groups is 2. The van der Waals surface area contributed by atoms with Gasteiger partial charge in [0.05, 0.1) is 6.42 Å². The first-order chi connectivity index (χ1) is 14.0. The van der Waals surface area contributed by atoms with Crippen LogP contribution in [0.4, 0.5) is 0 Å². The topological polar surface area (TPSA) is 49.4 Å². The van der Waals surface area contributed by atoms with Crippen LogP contribution in [0.25, 0.3) is 0 Å². The third-order valence-corrected chi connectivity index (χ3v) is 5.65. The van der Waals surface area contributed by atoms with Crippen LogP contribution in [0.3, 0.4) is 0 Å². The van der Waals surface area contributed by atoms with Crippen molar-refractivity contribution in [2.24, 2.45) is 0 Å². The highest BCUT2D eigenvalue weighted by Gasteiger charge is 2.31. The maximum Gasteiger partial charge on any atom is 0.243 e. The molecule has 7 heteroatoms. The van der Waals surface area contributed by atoms with E-state index >= 15 is 0 Å². The molecule has 2 rings (SSSR count). The smallest absolute Gasteiger partial charge is 0.243 e. The molecule has 1 atom stereocenters. The molecule has 0 heterocycles. The number of hydrogen-bond donors (Lipinski definition) is 1. The van der Waals surface area contributed by atoms with E-state index in [4.69, 9.17) is 34.8 Å². The van der Waals surface area contributed by atoms with Gasteiger partial charge >= 0.3 is 0 Å². The summed E-state index contributed by atoms with van der Waals surface area (Å²) in [5, 5.41) is 4.38. The molecule has 0 radical (unpaired) electrons. The van der Waals surface area contributed by atoms with E-state index in [2.05, 4.69) is 5.32 Å². The highest BCUT2D eigenvalue weighted by molar-refractivity contribution is 6.36. The van der Waals surface area contributed by atoms with Crippen molar-refractivity contribution < 1.29 is 9.59 Å². The van der Waals surface area contributed by atoms with E-state index in [1.165, 1.54) is 4.90 Å². The van der Waals surface area contributed by atoms with Gasteiger partial charge in [0.25, 0.3) is 0 Å². The van der Waals surface area contributed by atoms with Gasteiger partial charge in [0.15, 0.2) is 0 Å². The molecule has 0 saturated heterocycles. The monoisotopic (exact) mass is 468 g/mol. The van der Waals surface area contributed by atoms with Crippen molar-refractivity contribution in [3.8, 4) is 0 Å². The van der Waals surface area contributed by atoms with E-state index in [0.29, 0.717) is 32.6 Å². The number of rotatable bonds is 7. The lowest BCUT2D eigenvalue weighted by molar-refractivity contribution is -0.141. The number of amides is 2. The van der Waals surface area contributed by atoms with E-state index in [-0.39, 0.29) is 24.8 Å². The molecule has 0 aliphatic heterocycles. The predicted molar refractivity (Wildman–Crippen MR) is 124 cm³/mol. The van der Waals surface area contributed by atoms with Crippen LogP contribution in [0.2, 0.25) is 15.1 Å². The number of carbonyl (C=O) groups excluding carboxylic acids is 2. The van der Waals surface area contributed by atoms with Crippen molar-refractivity contribution in [3.63, 3.8) is 0 Å². The third kappa shape index (κ3) is 6.63. The van der Waals surface area contributed by atoms with Gasteiger partial charge in [0.2, 0.25) is 11.8 Å². The van der Waals surface area contributed by atoms with E-state index in [1.807, 2.05) is 39.8 Å². The zero-order valence-electron chi connectivity index (χ0n) is 17.6. The number of benzene rings is 2. The second-order valence-corrected chi connectivity index (χ2v) is 9.37. The molecule has 4 nitrogen and oxygen atoms in total. The normalized spacial score (nSPS) is 12.4. The molecule has 2 aromatic carbocycles. The van der Waals surface area contributed by atoms with Gasteiger partial charge in [-0.05, 0) is 51.0 Å². The molecule has 2 amide bonds. The maximum atomic E-state index is 13.4. The first kappa shape index (κ1) is 24.5. The van der Waals surface area contributed by atoms with Crippen LogP contribution in [0, 0.1) is 0 Å². The summed E-state index contributed by atoms with van der Waals surface area (Å²) in [7, 11) is 0. The lowest BCUT2D eigenvalue weighted by Crippen LogP contribution is -2.53. The summed E-state index contributed by atoms with van der Waals surface area (Å²) in [6.45, 7) is 7.70. The Bertz CT molecular complexity index is 889. The summed E-state index contributed by atoms with van der Waals surface area (Å²) >= 11 is 19.0. The van der Waals surface area contributed by atoms with Gasteiger partial charge in [-0.15, -0.1) is 0 Å². The van der Waals surface area contributed by atoms with Crippen molar-refractivity contribution in [1.82, 2.24) is 10.2 Å². The van der Waals surface area contributed by atoms with Gasteiger partial charge in [0, 0.05) is 32.7 Å². The van der Waals surface area contributed by atoms with Crippen LogP contribution in [-0.4, -0.2) is 28.3 Å². The Balaban J connectivity index is 2.41. The summed E-state index contributed by atoms with van der Waals surface area (Å²) in [5.74, 6) is -0.448. The molecule has 0 fully saturated rings. The summed E-state index contributed by atoms with van der Waals surface area (Å²) in [5.41, 5.74) is 0.880. The van der Waals surface area contributed by atoms with E-state index < -0.39 is 11.6 Å². The second-order valence-electron chi connectivity index (χ2n) is 8.15. The lowest BCUT2D eigenvalue weighted by atomic mass is 10.0. The van der Waals surface area contributed by atoms with E-state index in [1.54, 1.807) is 30.3 Å². The van der Waals surface area contributed by atoms with Gasteiger partial charge in [0.1, 0.15) is 6.04 Å². The minimum atomic E-state index is -0.674. The number of nitrogens with zero attached hydrogens (tertiary/aromatic N) is 1. The Morgan fingerprint density at radius 3 is 2.07 bits per heavy atom. The average molecular weight is 470 g/mol. The fourth-order valence-corrected chi connectivity index (χ4v) is 3.85. The molecule has 162 valence electrons. The largest absolute Gasteiger partial charge is 0.350 e. The van der Waals surface area contributed by atoms with Crippen LogP contribution in [0.5, 0.6) is 0 Å². The number of hydrogen-bond acceptors (Lipinski definition) is 2. The predicted octanol–water partition coefficient (Wildman–Crippen LogP) is 5.91. The van der Waals surface area contributed by atoms with Gasteiger partial charge < -0.3 is 10.2 Å². The van der Waals surface area contributed by atoms with Crippen LogP contribution >= 0.6 is 34.8 Å². The highest BCUT2D eigenvalue weighted by Crippen LogP contribution is 2.28. The molecule has 2 aromatic rings. The first-order valence-corrected chi connectivity index (χ1v) is 10.9. The molecule has 0 aliphatic rings. The maximum absolute atomic E-state index is 13.4. The highest BCUT2D eigenvalue weighted by atomic mass is 35.5. The minimum absolute atomic E-state index is 0.0705.